The molecule has 3 aliphatic heterocycles. The van der Waals surface area contributed by atoms with Gasteiger partial charge in [-0.1, -0.05) is 45.6 Å². The Bertz CT molecular complexity index is 2010. The zero-order chi connectivity index (χ0) is 44.2. The van der Waals surface area contributed by atoms with Crippen LogP contribution >= 0.6 is 0 Å². The van der Waals surface area contributed by atoms with Crippen LogP contribution in [0.3, 0.4) is 0 Å². The Hall–Kier alpha value is -4.90. The number of hydrogen-bond donors (Lipinski definition) is 1. The minimum Gasteiger partial charge on any atom is -0.453 e. The van der Waals surface area contributed by atoms with E-state index < -0.39 is 25.8 Å². The molecule has 17 heteroatoms. The fourth-order valence-electron chi connectivity index (χ4n) is 8.37. The minimum atomic E-state index is -1.30. The number of anilines is 1. The molecular formula is C44H67N9O7Si. The van der Waals surface area contributed by atoms with E-state index >= 15 is 0 Å². The summed E-state index contributed by atoms with van der Waals surface area (Å²) < 4.78 is 20.6. The molecule has 6 rings (SSSR count). The fraction of sp³-hybridized carbons (Fsp3) is 0.636. The molecule has 3 aromatic rings. The van der Waals surface area contributed by atoms with Gasteiger partial charge in [0.05, 0.1) is 31.1 Å². The van der Waals surface area contributed by atoms with Crippen molar-refractivity contribution < 1.29 is 33.4 Å². The molecule has 3 atom stereocenters. The molecule has 2 aromatic heterocycles. The van der Waals surface area contributed by atoms with Gasteiger partial charge in [0.2, 0.25) is 5.91 Å². The molecule has 3 saturated heterocycles. The highest BCUT2D eigenvalue weighted by Crippen LogP contribution is 2.36. The Kier molecular flexibility index (Phi) is 14.2. The van der Waals surface area contributed by atoms with Gasteiger partial charge in [-0.15, -0.1) is 0 Å². The molecule has 61 heavy (non-hydrogen) atoms. The number of amides is 4. The monoisotopic (exact) mass is 861 g/mol. The lowest BCUT2D eigenvalue weighted by molar-refractivity contribution is -0.135. The number of rotatable bonds is 13. The van der Waals surface area contributed by atoms with Crippen LogP contribution in [0.5, 0.6) is 0 Å². The van der Waals surface area contributed by atoms with Crippen molar-refractivity contribution >= 4 is 37.8 Å². The average molecular weight is 862 g/mol. The average Bonchev–Trinajstić information content (AvgIpc) is 4.03. The van der Waals surface area contributed by atoms with E-state index in [1.54, 1.807) is 11.1 Å². The molecule has 16 nitrogen and oxygen atoms in total. The summed E-state index contributed by atoms with van der Waals surface area (Å²) in [4.78, 5) is 70.4. The molecule has 0 radical (unpaired) electrons. The Morgan fingerprint density at radius 2 is 1.54 bits per heavy atom. The molecule has 0 spiro atoms. The smallest absolute Gasteiger partial charge is 0.410 e. The highest BCUT2D eigenvalue weighted by molar-refractivity contribution is 6.76. The van der Waals surface area contributed by atoms with Crippen molar-refractivity contribution in [2.45, 2.75) is 116 Å². The Morgan fingerprint density at radius 1 is 0.902 bits per heavy atom. The summed E-state index contributed by atoms with van der Waals surface area (Å²) in [6.07, 6.45) is 5.84. The van der Waals surface area contributed by atoms with Crippen LogP contribution < -0.4 is 10.2 Å². The quantitative estimate of drug-likeness (QED) is 0.145. The predicted octanol–water partition coefficient (Wildman–Crippen LogP) is 6.67. The number of benzene rings is 1. The zero-order valence-corrected chi connectivity index (χ0v) is 38.9. The van der Waals surface area contributed by atoms with E-state index in [0.29, 0.717) is 57.4 Å². The SMILES string of the molecule is COC(=O)NC(C(=O)N1CCCC1c1ncc(-c2ccc(N3CCN(C(=O)c4cn(COCC[Si](C)(C)C)c(C5CCCN5C(=O)OC(C)(C)C)n4)CC3)cc2)n1C)C(C)C. The van der Waals surface area contributed by atoms with Crippen LogP contribution in [0.1, 0.15) is 94.5 Å². The topological polar surface area (TPSA) is 157 Å². The molecular weight excluding hydrogens is 795 g/mol. The molecule has 3 unspecified atom stereocenters. The predicted molar refractivity (Wildman–Crippen MR) is 236 cm³/mol. The van der Waals surface area contributed by atoms with Crippen molar-refractivity contribution in [2.24, 2.45) is 13.0 Å². The zero-order valence-electron chi connectivity index (χ0n) is 37.9. The van der Waals surface area contributed by atoms with Crippen LogP contribution in [0.15, 0.2) is 36.7 Å². The van der Waals surface area contributed by atoms with Crippen molar-refractivity contribution in [3.05, 3.63) is 54.0 Å². The summed E-state index contributed by atoms with van der Waals surface area (Å²) >= 11 is 0. The molecule has 0 bridgehead atoms. The highest BCUT2D eigenvalue weighted by atomic mass is 28.3. The first kappa shape index (κ1) is 45.6. The summed E-state index contributed by atoms with van der Waals surface area (Å²) in [5.41, 5.74) is 2.74. The van der Waals surface area contributed by atoms with Crippen LogP contribution in [-0.4, -0.2) is 131 Å². The van der Waals surface area contributed by atoms with E-state index in [9.17, 15) is 19.2 Å². The number of piperazine rings is 1. The van der Waals surface area contributed by atoms with Gasteiger partial charge in [0.25, 0.3) is 5.91 Å². The van der Waals surface area contributed by atoms with E-state index in [1.165, 1.54) is 7.11 Å². The van der Waals surface area contributed by atoms with Crippen molar-refractivity contribution in [1.29, 1.82) is 0 Å². The summed E-state index contributed by atoms with van der Waals surface area (Å²) in [6, 6.07) is 8.20. The lowest BCUT2D eigenvalue weighted by atomic mass is 10.0. The van der Waals surface area contributed by atoms with Crippen molar-refractivity contribution in [3.8, 4) is 11.3 Å². The van der Waals surface area contributed by atoms with E-state index in [4.69, 9.17) is 24.2 Å². The molecule has 1 aromatic carbocycles. The van der Waals surface area contributed by atoms with Crippen LogP contribution in [0.2, 0.25) is 25.7 Å². The maximum Gasteiger partial charge on any atom is 0.410 e. The number of ether oxygens (including phenoxy) is 3. The van der Waals surface area contributed by atoms with Gasteiger partial charge >= 0.3 is 12.2 Å². The maximum atomic E-state index is 14.0. The van der Waals surface area contributed by atoms with E-state index in [0.717, 1.165) is 54.5 Å². The number of nitrogens with zero attached hydrogens (tertiary/aromatic N) is 8. The maximum absolute atomic E-state index is 14.0. The van der Waals surface area contributed by atoms with Gasteiger partial charge in [-0.05, 0) is 76.1 Å². The lowest BCUT2D eigenvalue weighted by Gasteiger charge is -2.36. The van der Waals surface area contributed by atoms with Gasteiger partial charge in [-0.2, -0.15) is 0 Å². The van der Waals surface area contributed by atoms with Gasteiger partial charge in [0, 0.05) is 72.9 Å². The largest absolute Gasteiger partial charge is 0.453 e. The summed E-state index contributed by atoms with van der Waals surface area (Å²) in [5, 5.41) is 2.72. The van der Waals surface area contributed by atoms with Gasteiger partial charge in [-0.3, -0.25) is 14.5 Å². The van der Waals surface area contributed by atoms with E-state index in [2.05, 4.69) is 58.7 Å². The molecule has 4 amide bonds. The minimum absolute atomic E-state index is 0.110. The molecule has 0 aliphatic carbocycles. The normalized spacial score (nSPS) is 19.1. The van der Waals surface area contributed by atoms with Gasteiger partial charge < -0.3 is 43.4 Å². The van der Waals surface area contributed by atoms with E-state index in [-0.39, 0.29) is 42.6 Å². The molecule has 3 aliphatic rings. The van der Waals surface area contributed by atoms with Crippen molar-refractivity contribution in [3.63, 3.8) is 0 Å². The number of nitrogens with one attached hydrogen (secondary N) is 1. The molecule has 0 saturated carbocycles. The van der Waals surface area contributed by atoms with Gasteiger partial charge in [-0.25, -0.2) is 19.6 Å². The first-order chi connectivity index (χ1) is 28.8. The fourth-order valence-corrected chi connectivity index (χ4v) is 9.13. The highest BCUT2D eigenvalue weighted by Gasteiger charge is 2.39. The number of carbonyl (C=O) groups excluding carboxylic acids is 4. The first-order valence-corrected chi connectivity index (χ1v) is 25.5. The third kappa shape index (κ3) is 11.0. The van der Waals surface area contributed by atoms with Gasteiger partial charge in [0.15, 0.2) is 0 Å². The summed E-state index contributed by atoms with van der Waals surface area (Å²) in [7, 11) is 1.98. The number of aromatic nitrogens is 4. The van der Waals surface area contributed by atoms with E-state index in [1.807, 2.05) is 62.2 Å². The van der Waals surface area contributed by atoms with Crippen LogP contribution in [0, 0.1) is 5.92 Å². The number of imidazole rings is 2. The number of carbonyl (C=O) groups is 4. The van der Waals surface area contributed by atoms with Crippen LogP contribution in [0.25, 0.3) is 11.3 Å². The lowest BCUT2D eigenvalue weighted by Crippen LogP contribution is -2.51. The second kappa shape index (κ2) is 19.0. The number of likely N-dealkylation sites (tertiary alicyclic amines) is 2. The number of methoxy groups -OCH3 is 1. The second-order valence-electron chi connectivity index (χ2n) is 19.1. The number of hydrogen-bond acceptors (Lipinski definition) is 10. The Balaban J connectivity index is 1.10. The molecule has 3 fully saturated rings. The first-order valence-electron chi connectivity index (χ1n) is 21.8. The van der Waals surface area contributed by atoms with Crippen molar-refractivity contribution in [1.82, 2.24) is 39.1 Å². The molecule has 5 heterocycles. The third-order valence-electron chi connectivity index (χ3n) is 11.8. The Morgan fingerprint density at radius 3 is 2.15 bits per heavy atom. The molecule has 1 N–H and O–H groups in total. The number of alkyl carbamates (subject to hydrolysis) is 1. The Labute approximate surface area is 361 Å². The molecule has 334 valence electrons. The van der Waals surface area contributed by atoms with Crippen LogP contribution in [-0.2, 0) is 32.8 Å². The third-order valence-corrected chi connectivity index (χ3v) is 13.5. The van der Waals surface area contributed by atoms with Gasteiger partial charge in [0.1, 0.15) is 35.7 Å². The van der Waals surface area contributed by atoms with Crippen LogP contribution in [0.4, 0.5) is 15.3 Å². The summed E-state index contributed by atoms with van der Waals surface area (Å²) in [5.74, 6) is 1.09. The van der Waals surface area contributed by atoms with Crippen molar-refractivity contribution in [2.75, 3.05) is 57.9 Å². The summed E-state index contributed by atoms with van der Waals surface area (Å²) in [6.45, 7) is 20.8. The second-order valence-corrected chi connectivity index (χ2v) is 24.7. The standard InChI is InChI=1S/C44H67N9O7Si/c1-30(2)37(47-42(56)58-7)41(55)52-19-11-13-34(52)38-45-27-36(48(38)6)31-15-17-32(18-16-31)49-21-23-50(24-22-49)40(54)33-28-51(29-59-25-26-61(8,9)10)39(46-33)35-14-12-20-53(35)43(57)60-44(3,4)5/h15-18,27-28,30,34-35,37H,11-14,19-26,29H2,1-10H3,(H,47,56).